The van der Waals surface area contributed by atoms with Crippen molar-refractivity contribution in [3.63, 3.8) is 0 Å². The van der Waals surface area contributed by atoms with Gasteiger partial charge >= 0.3 is 0 Å². The Bertz CT molecular complexity index is 379. The molecule has 2 aliphatic rings. The molecule has 1 aromatic rings. The average Bonchev–Trinajstić information content (AvgIpc) is 2.40. The molecule has 0 spiro atoms. The van der Waals surface area contributed by atoms with E-state index in [1.54, 1.807) is 0 Å². The van der Waals surface area contributed by atoms with Crippen LogP contribution in [0.4, 0.5) is 0 Å². The van der Waals surface area contributed by atoms with E-state index in [1.165, 1.54) is 37.7 Å². The first-order valence-electron chi connectivity index (χ1n) is 7.22. The maximum Gasteiger partial charge on any atom is 0.0509 e. The van der Waals surface area contributed by atoms with Gasteiger partial charge in [-0.05, 0) is 37.2 Å². The van der Waals surface area contributed by atoms with Crippen LogP contribution < -0.4 is 5.73 Å². The summed E-state index contributed by atoms with van der Waals surface area (Å²) >= 11 is 0. The molecule has 0 aromatic heterocycles. The maximum absolute atomic E-state index is 6.64. The van der Waals surface area contributed by atoms with E-state index in [0.29, 0.717) is 5.92 Å². The summed E-state index contributed by atoms with van der Waals surface area (Å²) in [4.78, 5) is 0. The van der Waals surface area contributed by atoms with Crippen LogP contribution in [-0.4, -0.2) is 19.3 Å². The molecule has 3 rings (SSSR count). The van der Waals surface area contributed by atoms with Crippen molar-refractivity contribution in [1.29, 1.82) is 0 Å². The lowest BCUT2D eigenvalue weighted by atomic mass is 9.57. The third-order valence-corrected chi connectivity index (χ3v) is 4.94. The van der Waals surface area contributed by atoms with Crippen molar-refractivity contribution in [3.8, 4) is 0 Å². The van der Waals surface area contributed by atoms with Gasteiger partial charge in [-0.2, -0.15) is 0 Å². The van der Waals surface area contributed by atoms with Crippen molar-refractivity contribution in [2.75, 3.05) is 13.2 Å². The highest BCUT2D eigenvalue weighted by molar-refractivity contribution is 5.30. The largest absolute Gasteiger partial charge is 0.381 e. The SMILES string of the molecule is NC(C1CCCOC1)C1(c2ccccc2)CCC1. The summed E-state index contributed by atoms with van der Waals surface area (Å²) in [6.45, 7) is 1.78. The highest BCUT2D eigenvalue weighted by Crippen LogP contribution is 2.48. The molecular formula is C16H23NO. The molecule has 2 unspecified atom stereocenters. The van der Waals surface area contributed by atoms with Gasteiger partial charge in [0.05, 0.1) is 6.61 Å². The Morgan fingerprint density at radius 3 is 2.50 bits per heavy atom. The van der Waals surface area contributed by atoms with Crippen LogP contribution in [-0.2, 0) is 10.2 Å². The van der Waals surface area contributed by atoms with Gasteiger partial charge in [0.15, 0.2) is 0 Å². The van der Waals surface area contributed by atoms with Crippen molar-refractivity contribution < 1.29 is 4.74 Å². The van der Waals surface area contributed by atoms with Gasteiger partial charge in [0, 0.05) is 18.1 Å². The molecular weight excluding hydrogens is 222 g/mol. The summed E-state index contributed by atoms with van der Waals surface area (Å²) in [5.74, 6) is 0.541. The van der Waals surface area contributed by atoms with Crippen LogP contribution in [0, 0.1) is 5.92 Å². The van der Waals surface area contributed by atoms with Crippen molar-refractivity contribution in [3.05, 3.63) is 35.9 Å². The molecule has 2 N–H and O–H groups in total. The smallest absolute Gasteiger partial charge is 0.0509 e. The molecule has 2 nitrogen and oxygen atoms in total. The quantitative estimate of drug-likeness (QED) is 0.888. The van der Waals surface area contributed by atoms with Gasteiger partial charge in [0.1, 0.15) is 0 Å². The molecule has 2 heteroatoms. The number of ether oxygens (including phenoxy) is 1. The zero-order valence-electron chi connectivity index (χ0n) is 11.0. The Kier molecular flexibility index (Phi) is 3.40. The molecule has 98 valence electrons. The second-order valence-electron chi connectivity index (χ2n) is 5.88. The predicted octanol–water partition coefficient (Wildman–Crippen LogP) is 2.86. The zero-order chi connectivity index (χ0) is 12.4. The summed E-state index contributed by atoms with van der Waals surface area (Å²) in [5.41, 5.74) is 8.31. The lowest BCUT2D eigenvalue weighted by Gasteiger charge is -2.50. The topological polar surface area (TPSA) is 35.2 Å². The van der Waals surface area contributed by atoms with Gasteiger partial charge in [-0.15, -0.1) is 0 Å². The van der Waals surface area contributed by atoms with E-state index in [1.807, 2.05) is 0 Å². The number of hydrogen-bond donors (Lipinski definition) is 1. The van der Waals surface area contributed by atoms with E-state index < -0.39 is 0 Å². The van der Waals surface area contributed by atoms with Crippen LogP contribution in [0.2, 0.25) is 0 Å². The number of benzene rings is 1. The third-order valence-electron chi connectivity index (χ3n) is 4.94. The first-order valence-corrected chi connectivity index (χ1v) is 7.22. The minimum Gasteiger partial charge on any atom is -0.381 e. The van der Waals surface area contributed by atoms with Crippen LogP contribution in [0.3, 0.4) is 0 Å². The fourth-order valence-corrected chi connectivity index (χ4v) is 3.64. The summed E-state index contributed by atoms with van der Waals surface area (Å²) < 4.78 is 5.62. The molecule has 1 aliphatic carbocycles. The van der Waals surface area contributed by atoms with Crippen LogP contribution >= 0.6 is 0 Å². The molecule has 0 bridgehead atoms. The minimum atomic E-state index is 0.229. The second kappa shape index (κ2) is 5.02. The molecule has 2 fully saturated rings. The Morgan fingerprint density at radius 2 is 1.94 bits per heavy atom. The van der Waals surface area contributed by atoms with Crippen molar-refractivity contribution in [1.82, 2.24) is 0 Å². The number of hydrogen-bond acceptors (Lipinski definition) is 2. The lowest BCUT2D eigenvalue weighted by molar-refractivity contribution is 0.0188. The van der Waals surface area contributed by atoms with Gasteiger partial charge in [0.25, 0.3) is 0 Å². The van der Waals surface area contributed by atoms with Gasteiger partial charge in [-0.1, -0.05) is 36.8 Å². The predicted molar refractivity (Wildman–Crippen MR) is 73.5 cm³/mol. The summed E-state index contributed by atoms with van der Waals surface area (Å²) in [6, 6.07) is 11.1. The van der Waals surface area contributed by atoms with Gasteiger partial charge < -0.3 is 10.5 Å². The Labute approximate surface area is 110 Å². The minimum absolute atomic E-state index is 0.229. The first kappa shape index (κ1) is 12.2. The van der Waals surface area contributed by atoms with Gasteiger partial charge in [0.2, 0.25) is 0 Å². The lowest BCUT2D eigenvalue weighted by Crippen LogP contribution is -2.55. The van der Waals surface area contributed by atoms with Crippen molar-refractivity contribution in [2.45, 2.75) is 43.6 Å². The monoisotopic (exact) mass is 245 g/mol. The molecule has 1 heterocycles. The number of rotatable bonds is 3. The normalized spacial score (nSPS) is 28.4. The van der Waals surface area contributed by atoms with Crippen LogP contribution in [0.5, 0.6) is 0 Å². The van der Waals surface area contributed by atoms with E-state index in [0.717, 1.165) is 13.2 Å². The molecule has 18 heavy (non-hydrogen) atoms. The Morgan fingerprint density at radius 1 is 1.17 bits per heavy atom. The standard InChI is InChI=1S/C16H23NO/c17-15(13-6-4-11-18-12-13)16(9-5-10-16)14-7-2-1-3-8-14/h1-3,7-8,13,15H,4-6,9-12,17H2. The van der Waals surface area contributed by atoms with Crippen LogP contribution in [0.25, 0.3) is 0 Å². The molecule has 1 aromatic carbocycles. The Hall–Kier alpha value is -0.860. The first-order chi connectivity index (χ1) is 8.83. The average molecular weight is 245 g/mol. The number of nitrogens with two attached hydrogens (primary N) is 1. The maximum atomic E-state index is 6.64. The molecule has 0 amide bonds. The van der Waals surface area contributed by atoms with E-state index in [-0.39, 0.29) is 11.5 Å². The molecule has 1 saturated heterocycles. The van der Waals surface area contributed by atoms with E-state index in [9.17, 15) is 0 Å². The Balaban J connectivity index is 1.82. The fourth-order valence-electron chi connectivity index (χ4n) is 3.64. The highest BCUT2D eigenvalue weighted by Gasteiger charge is 2.46. The fraction of sp³-hybridized carbons (Fsp3) is 0.625. The van der Waals surface area contributed by atoms with Crippen LogP contribution in [0.15, 0.2) is 30.3 Å². The third kappa shape index (κ3) is 1.98. The molecule has 2 atom stereocenters. The van der Waals surface area contributed by atoms with Crippen molar-refractivity contribution in [2.24, 2.45) is 11.7 Å². The second-order valence-corrected chi connectivity index (χ2v) is 5.88. The van der Waals surface area contributed by atoms with Gasteiger partial charge in [-0.25, -0.2) is 0 Å². The summed E-state index contributed by atoms with van der Waals surface area (Å²) in [7, 11) is 0. The van der Waals surface area contributed by atoms with Gasteiger partial charge in [-0.3, -0.25) is 0 Å². The summed E-state index contributed by atoms with van der Waals surface area (Å²) in [5, 5.41) is 0. The van der Waals surface area contributed by atoms with Crippen molar-refractivity contribution >= 4 is 0 Å². The summed E-state index contributed by atoms with van der Waals surface area (Å²) in [6.07, 6.45) is 6.21. The molecule has 0 radical (unpaired) electrons. The zero-order valence-corrected chi connectivity index (χ0v) is 11.0. The van der Waals surface area contributed by atoms with Crippen LogP contribution in [0.1, 0.15) is 37.7 Å². The highest BCUT2D eigenvalue weighted by atomic mass is 16.5. The molecule has 1 aliphatic heterocycles. The van der Waals surface area contributed by atoms with E-state index in [2.05, 4.69) is 30.3 Å². The van der Waals surface area contributed by atoms with E-state index in [4.69, 9.17) is 10.5 Å². The molecule has 1 saturated carbocycles. The van der Waals surface area contributed by atoms with E-state index >= 15 is 0 Å².